The Morgan fingerprint density at radius 3 is 2.84 bits per heavy atom. The first-order valence-electron chi connectivity index (χ1n) is 10.4. The molecule has 31 heavy (non-hydrogen) atoms. The van der Waals surface area contributed by atoms with Gasteiger partial charge >= 0.3 is 6.01 Å². The van der Waals surface area contributed by atoms with Gasteiger partial charge in [0.25, 0.3) is 0 Å². The molecule has 2 fully saturated rings. The van der Waals surface area contributed by atoms with Gasteiger partial charge in [-0.05, 0) is 36.1 Å². The zero-order chi connectivity index (χ0) is 21.2. The molecule has 1 aromatic carbocycles. The first kappa shape index (κ1) is 18.4. The van der Waals surface area contributed by atoms with Gasteiger partial charge < -0.3 is 20.7 Å². The summed E-state index contributed by atoms with van der Waals surface area (Å²) in [4.78, 5) is 11.7. The monoisotopic (exact) mass is 419 g/mol. The SMILES string of the molecule is CNc1cc(F)cc2c1Cc1nc(Oc3ccnnc3)nc(N3C[C@H](N)C4(CC4)C3)c1-2. The molecule has 0 bridgehead atoms. The zero-order valence-corrected chi connectivity index (χ0v) is 17.1. The molecule has 158 valence electrons. The van der Waals surface area contributed by atoms with Crippen LogP contribution in [0.4, 0.5) is 15.9 Å². The van der Waals surface area contributed by atoms with E-state index in [-0.39, 0.29) is 23.3 Å². The Kier molecular flexibility index (Phi) is 3.92. The number of hydrogen-bond acceptors (Lipinski definition) is 8. The van der Waals surface area contributed by atoms with Crippen LogP contribution in [0.5, 0.6) is 11.8 Å². The molecule has 1 atom stereocenters. The molecule has 9 heteroatoms. The first-order valence-corrected chi connectivity index (χ1v) is 10.4. The first-order chi connectivity index (χ1) is 15.1. The lowest BCUT2D eigenvalue weighted by molar-refractivity contribution is 0.437. The summed E-state index contributed by atoms with van der Waals surface area (Å²) < 4.78 is 20.3. The third-order valence-electron chi connectivity index (χ3n) is 6.71. The van der Waals surface area contributed by atoms with Crippen molar-refractivity contribution in [1.29, 1.82) is 0 Å². The van der Waals surface area contributed by atoms with E-state index in [1.54, 1.807) is 25.4 Å². The van der Waals surface area contributed by atoms with Crippen molar-refractivity contribution in [2.24, 2.45) is 11.1 Å². The normalized spacial score (nSPS) is 20.0. The largest absolute Gasteiger partial charge is 0.422 e. The highest BCUT2D eigenvalue weighted by molar-refractivity contribution is 5.88. The minimum Gasteiger partial charge on any atom is -0.422 e. The second-order valence-electron chi connectivity index (χ2n) is 8.59. The van der Waals surface area contributed by atoms with Gasteiger partial charge in [-0.2, -0.15) is 20.2 Å². The number of nitrogens with one attached hydrogen (secondary N) is 1. The molecule has 3 aromatic rings. The van der Waals surface area contributed by atoms with Crippen LogP contribution in [0.1, 0.15) is 24.1 Å². The molecule has 2 aromatic heterocycles. The minimum absolute atomic E-state index is 0.105. The zero-order valence-electron chi connectivity index (χ0n) is 17.1. The molecule has 3 N–H and O–H groups in total. The standard InChI is InChI=1S/C22H22FN7O/c1-25-16-7-12(23)6-15-14(16)8-17-19(15)20(30-10-18(24)22(11-30)3-4-22)29-21(28-17)31-13-2-5-26-27-9-13/h2,5-7,9,18,25H,3-4,8,10-11,24H2,1H3/t18-/m0/s1. The average molecular weight is 419 g/mol. The molecule has 0 radical (unpaired) electrons. The van der Waals surface area contributed by atoms with Gasteiger partial charge in [-0.3, -0.25) is 0 Å². The van der Waals surface area contributed by atoms with Gasteiger partial charge in [-0.1, -0.05) is 0 Å². The van der Waals surface area contributed by atoms with Crippen molar-refractivity contribution >= 4 is 11.5 Å². The predicted octanol–water partition coefficient (Wildman–Crippen LogP) is 2.74. The Hall–Kier alpha value is -3.33. The highest BCUT2D eigenvalue weighted by atomic mass is 19.1. The quantitative estimate of drug-likeness (QED) is 0.521. The maximum Gasteiger partial charge on any atom is 0.324 e. The van der Waals surface area contributed by atoms with Crippen LogP contribution in [0.15, 0.2) is 30.6 Å². The minimum atomic E-state index is -0.290. The number of rotatable bonds is 4. The van der Waals surface area contributed by atoms with Gasteiger partial charge in [0.05, 0.1) is 18.1 Å². The summed E-state index contributed by atoms with van der Waals surface area (Å²) in [5.41, 5.74) is 10.9. The van der Waals surface area contributed by atoms with E-state index in [0.717, 1.165) is 53.3 Å². The molecule has 6 rings (SSSR count). The van der Waals surface area contributed by atoms with Gasteiger partial charge in [-0.25, -0.2) is 4.39 Å². The lowest BCUT2D eigenvalue weighted by Gasteiger charge is -2.21. The summed E-state index contributed by atoms with van der Waals surface area (Å²) in [7, 11) is 1.80. The van der Waals surface area contributed by atoms with Crippen molar-refractivity contribution in [2.45, 2.75) is 25.3 Å². The summed E-state index contributed by atoms with van der Waals surface area (Å²) in [5, 5.41) is 10.7. The maximum atomic E-state index is 14.4. The molecular weight excluding hydrogens is 397 g/mol. The van der Waals surface area contributed by atoms with Crippen LogP contribution < -0.4 is 20.7 Å². The molecule has 1 aliphatic heterocycles. The van der Waals surface area contributed by atoms with E-state index in [4.69, 9.17) is 15.5 Å². The van der Waals surface area contributed by atoms with Crippen LogP contribution >= 0.6 is 0 Å². The third-order valence-corrected chi connectivity index (χ3v) is 6.71. The van der Waals surface area contributed by atoms with E-state index in [2.05, 4.69) is 25.4 Å². The Labute approximate surface area is 178 Å². The van der Waals surface area contributed by atoms with Crippen molar-refractivity contribution in [3.8, 4) is 22.9 Å². The number of nitrogens with zero attached hydrogens (tertiary/aromatic N) is 5. The molecule has 1 saturated carbocycles. The Bertz CT molecular complexity index is 1180. The van der Waals surface area contributed by atoms with Gasteiger partial charge in [0.15, 0.2) is 5.75 Å². The Morgan fingerprint density at radius 2 is 2.13 bits per heavy atom. The number of nitrogens with two attached hydrogens (primary N) is 1. The van der Waals surface area contributed by atoms with Crippen LogP contribution in [0.3, 0.4) is 0 Å². The predicted molar refractivity (Wildman–Crippen MR) is 114 cm³/mol. The highest BCUT2D eigenvalue weighted by Crippen LogP contribution is 2.54. The summed E-state index contributed by atoms with van der Waals surface area (Å²) >= 11 is 0. The summed E-state index contributed by atoms with van der Waals surface area (Å²) in [6.45, 7) is 1.56. The van der Waals surface area contributed by atoms with Crippen LogP contribution in [0, 0.1) is 11.2 Å². The number of hydrogen-bond donors (Lipinski definition) is 2. The molecule has 0 unspecified atom stereocenters. The molecule has 2 aliphatic carbocycles. The number of halogens is 1. The van der Waals surface area contributed by atoms with Gasteiger partial charge in [0.1, 0.15) is 11.6 Å². The molecular formula is C22H22FN7O. The number of aromatic nitrogens is 4. The molecule has 3 aliphatic rings. The fourth-order valence-corrected chi connectivity index (χ4v) is 4.88. The molecule has 1 saturated heterocycles. The van der Waals surface area contributed by atoms with Crippen molar-refractivity contribution < 1.29 is 9.13 Å². The lowest BCUT2D eigenvalue weighted by atomic mass is 10.0. The Morgan fingerprint density at radius 1 is 1.26 bits per heavy atom. The number of benzene rings is 1. The average Bonchev–Trinajstić information content (AvgIpc) is 3.35. The molecule has 0 amide bonds. The fraction of sp³-hybridized carbons (Fsp3) is 0.364. The van der Waals surface area contributed by atoms with Gasteiger partial charge in [-0.15, -0.1) is 0 Å². The molecule has 8 nitrogen and oxygen atoms in total. The van der Waals surface area contributed by atoms with Crippen molar-refractivity contribution in [1.82, 2.24) is 20.2 Å². The number of anilines is 2. The van der Waals surface area contributed by atoms with Crippen LogP contribution in [0.25, 0.3) is 11.1 Å². The van der Waals surface area contributed by atoms with Gasteiger partial charge in [0, 0.05) is 55.3 Å². The second-order valence-corrected chi connectivity index (χ2v) is 8.59. The maximum absolute atomic E-state index is 14.4. The van der Waals surface area contributed by atoms with E-state index >= 15 is 0 Å². The van der Waals surface area contributed by atoms with Crippen molar-refractivity contribution in [3.05, 3.63) is 47.7 Å². The van der Waals surface area contributed by atoms with E-state index < -0.39 is 0 Å². The molecule has 3 heterocycles. The van der Waals surface area contributed by atoms with Crippen LogP contribution in [0.2, 0.25) is 0 Å². The smallest absolute Gasteiger partial charge is 0.324 e. The van der Waals surface area contributed by atoms with E-state index in [1.165, 1.54) is 12.3 Å². The second kappa shape index (κ2) is 6.58. The fourth-order valence-electron chi connectivity index (χ4n) is 4.88. The highest BCUT2D eigenvalue weighted by Gasteiger charge is 2.54. The Balaban J connectivity index is 1.49. The van der Waals surface area contributed by atoms with E-state index in [9.17, 15) is 4.39 Å². The van der Waals surface area contributed by atoms with Crippen LogP contribution in [-0.2, 0) is 6.42 Å². The van der Waals surface area contributed by atoms with Gasteiger partial charge in [0.2, 0.25) is 0 Å². The summed E-state index contributed by atoms with van der Waals surface area (Å²) in [6, 6.07) is 5.14. The van der Waals surface area contributed by atoms with Crippen molar-refractivity contribution in [2.75, 3.05) is 30.4 Å². The number of ether oxygens (including phenoxy) is 1. The lowest BCUT2D eigenvalue weighted by Crippen LogP contribution is -2.30. The third kappa shape index (κ3) is 2.91. The van der Waals surface area contributed by atoms with Crippen LogP contribution in [-0.4, -0.2) is 46.3 Å². The van der Waals surface area contributed by atoms with Crippen molar-refractivity contribution in [3.63, 3.8) is 0 Å². The summed E-state index contributed by atoms with van der Waals surface area (Å²) in [5.74, 6) is 0.977. The topological polar surface area (TPSA) is 102 Å². The summed E-state index contributed by atoms with van der Waals surface area (Å²) in [6.07, 6.45) is 5.92. The van der Waals surface area contributed by atoms with E-state index in [1.807, 2.05) is 0 Å². The van der Waals surface area contributed by atoms with E-state index in [0.29, 0.717) is 18.7 Å². The number of fused-ring (bicyclic) bond motifs is 3. The molecule has 1 spiro atoms.